The van der Waals surface area contributed by atoms with E-state index in [9.17, 15) is 9.90 Å². The Morgan fingerprint density at radius 3 is 2.87 bits per heavy atom. The first-order valence-corrected chi connectivity index (χ1v) is 8.82. The molecule has 2 aliphatic rings. The van der Waals surface area contributed by atoms with E-state index in [4.69, 9.17) is 4.74 Å². The topological polar surface area (TPSA) is 82.6 Å². The number of aliphatic hydroxyl groups excluding tert-OH is 1. The van der Waals surface area contributed by atoms with Gasteiger partial charge in [0.2, 0.25) is 5.91 Å². The van der Waals surface area contributed by atoms with Gasteiger partial charge in [-0.05, 0) is 40.9 Å². The van der Waals surface area contributed by atoms with Crippen molar-refractivity contribution in [3.8, 4) is 5.75 Å². The van der Waals surface area contributed by atoms with Gasteiger partial charge in [0.15, 0.2) is 0 Å². The van der Waals surface area contributed by atoms with Gasteiger partial charge in [-0.1, -0.05) is 6.92 Å². The average molecular weight is 384 g/mol. The molecule has 4 N–H and O–H groups in total. The Hall–Kier alpha value is -1.15. The highest BCUT2D eigenvalue weighted by atomic mass is 79.9. The van der Waals surface area contributed by atoms with E-state index < -0.39 is 6.23 Å². The van der Waals surface area contributed by atoms with Gasteiger partial charge < -0.3 is 20.5 Å². The van der Waals surface area contributed by atoms with Crippen molar-refractivity contribution < 1.29 is 14.6 Å². The number of benzene rings is 1. The SMILES string of the molecule is CCC(Oc1ccc(Br)c2c1CCC(=O)N2)C1NCCNC1O. The first-order chi connectivity index (χ1) is 11.1. The van der Waals surface area contributed by atoms with Crippen molar-refractivity contribution in [1.29, 1.82) is 0 Å². The Labute approximate surface area is 144 Å². The van der Waals surface area contributed by atoms with Gasteiger partial charge in [0.1, 0.15) is 18.1 Å². The van der Waals surface area contributed by atoms with Crippen molar-refractivity contribution >= 4 is 27.5 Å². The zero-order valence-electron chi connectivity index (χ0n) is 13.1. The summed E-state index contributed by atoms with van der Waals surface area (Å²) in [5.41, 5.74) is 1.81. The van der Waals surface area contributed by atoms with Gasteiger partial charge in [0, 0.05) is 29.5 Å². The summed E-state index contributed by atoms with van der Waals surface area (Å²) in [4.78, 5) is 11.6. The number of hydrogen-bond acceptors (Lipinski definition) is 5. The maximum Gasteiger partial charge on any atom is 0.224 e. The second-order valence-electron chi connectivity index (χ2n) is 5.89. The molecule has 0 radical (unpaired) electrons. The molecular formula is C16H22BrN3O3. The number of fused-ring (bicyclic) bond motifs is 1. The monoisotopic (exact) mass is 383 g/mol. The molecule has 0 spiro atoms. The van der Waals surface area contributed by atoms with Crippen molar-refractivity contribution in [1.82, 2.24) is 10.6 Å². The van der Waals surface area contributed by atoms with Gasteiger partial charge in [-0.2, -0.15) is 0 Å². The van der Waals surface area contributed by atoms with Gasteiger partial charge in [-0.25, -0.2) is 0 Å². The molecule has 3 rings (SSSR count). The molecule has 126 valence electrons. The van der Waals surface area contributed by atoms with E-state index in [-0.39, 0.29) is 18.1 Å². The number of piperazine rings is 1. The van der Waals surface area contributed by atoms with E-state index in [1.807, 2.05) is 19.1 Å². The van der Waals surface area contributed by atoms with Crippen molar-refractivity contribution in [2.45, 2.75) is 44.6 Å². The number of amides is 1. The number of carbonyl (C=O) groups excluding carboxylic acids is 1. The fraction of sp³-hybridized carbons (Fsp3) is 0.562. The maximum absolute atomic E-state index is 11.6. The van der Waals surface area contributed by atoms with Crippen LogP contribution in [-0.2, 0) is 11.2 Å². The molecule has 0 bridgehead atoms. The number of carbonyl (C=O) groups is 1. The number of rotatable bonds is 4. The van der Waals surface area contributed by atoms with E-state index >= 15 is 0 Å². The van der Waals surface area contributed by atoms with Crippen LogP contribution in [0.5, 0.6) is 5.75 Å². The fourth-order valence-electron chi connectivity index (χ4n) is 3.14. The quantitative estimate of drug-likeness (QED) is 0.631. The highest BCUT2D eigenvalue weighted by Gasteiger charge is 2.32. The average Bonchev–Trinajstić information content (AvgIpc) is 2.55. The number of ether oxygens (including phenoxy) is 1. The van der Waals surface area contributed by atoms with Crippen molar-refractivity contribution in [2.24, 2.45) is 0 Å². The van der Waals surface area contributed by atoms with Gasteiger partial charge in [-0.3, -0.25) is 10.1 Å². The van der Waals surface area contributed by atoms with E-state index in [1.165, 1.54) is 0 Å². The molecule has 6 nitrogen and oxygen atoms in total. The molecular weight excluding hydrogens is 362 g/mol. The van der Waals surface area contributed by atoms with Crippen molar-refractivity contribution in [3.63, 3.8) is 0 Å². The van der Waals surface area contributed by atoms with Crippen LogP contribution in [0.25, 0.3) is 0 Å². The summed E-state index contributed by atoms with van der Waals surface area (Å²) >= 11 is 3.48. The standard InChI is InChI=1S/C16H22BrN3O3/c1-2-11(15-16(22)19-8-7-18-15)23-12-5-4-10(17)14-9(12)3-6-13(21)20-14/h4-5,11,15-16,18-19,22H,2-3,6-8H2,1H3,(H,20,21). The fourth-order valence-corrected chi connectivity index (χ4v) is 3.61. The highest BCUT2D eigenvalue weighted by Crippen LogP contribution is 2.38. The third-order valence-corrected chi connectivity index (χ3v) is 5.03. The van der Waals surface area contributed by atoms with Crippen LogP contribution in [0.4, 0.5) is 5.69 Å². The predicted molar refractivity (Wildman–Crippen MR) is 91.6 cm³/mol. The smallest absolute Gasteiger partial charge is 0.224 e. The van der Waals surface area contributed by atoms with Crippen LogP contribution >= 0.6 is 15.9 Å². The number of aliphatic hydroxyl groups is 1. The number of hydrogen-bond donors (Lipinski definition) is 4. The molecule has 1 amide bonds. The van der Waals surface area contributed by atoms with E-state index in [0.29, 0.717) is 12.8 Å². The molecule has 1 saturated heterocycles. The number of anilines is 1. The Kier molecular flexibility index (Phi) is 5.21. The first-order valence-electron chi connectivity index (χ1n) is 8.03. The molecule has 7 heteroatoms. The highest BCUT2D eigenvalue weighted by molar-refractivity contribution is 9.10. The molecule has 3 atom stereocenters. The summed E-state index contributed by atoms with van der Waals surface area (Å²) in [6.45, 7) is 3.59. The third-order valence-electron chi connectivity index (χ3n) is 4.37. The van der Waals surface area contributed by atoms with Crippen LogP contribution in [-0.4, -0.2) is 42.5 Å². The van der Waals surface area contributed by atoms with Crippen LogP contribution in [0.3, 0.4) is 0 Å². The van der Waals surface area contributed by atoms with Crippen LogP contribution in [0.15, 0.2) is 16.6 Å². The van der Waals surface area contributed by atoms with E-state index in [0.717, 1.165) is 41.0 Å². The summed E-state index contributed by atoms with van der Waals surface area (Å²) in [5, 5.41) is 19.4. The van der Waals surface area contributed by atoms with Crippen LogP contribution < -0.4 is 20.7 Å². The second kappa shape index (κ2) is 7.17. The molecule has 1 aromatic carbocycles. The van der Waals surface area contributed by atoms with E-state index in [1.54, 1.807) is 0 Å². The molecule has 1 fully saturated rings. The number of nitrogens with one attached hydrogen (secondary N) is 3. The zero-order chi connectivity index (χ0) is 16.4. The van der Waals surface area contributed by atoms with Crippen LogP contribution in [0.1, 0.15) is 25.3 Å². The Morgan fingerprint density at radius 1 is 1.35 bits per heavy atom. The minimum absolute atomic E-state index is 0.0240. The zero-order valence-corrected chi connectivity index (χ0v) is 14.6. The lowest BCUT2D eigenvalue weighted by molar-refractivity contribution is -0.116. The summed E-state index contributed by atoms with van der Waals surface area (Å²) in [7, 11) is 0. The van der Waals surface area contributed by atoms with Gasteiger partial charge in [0.25, 0.3) is 0 Å². The van der Waals surface area contributed by atoms with Crippen LogP contribution in [0.2, 0.25) is 0 Å². The van der Waals surface area contributed by atoms with E-state index in [2.05, 4.69) is 31.9 Å². The summed E-state index contributed by atoms with van der Waals surface area (Å²) in [6, 6.07) is 3.65. The summed E-state index contributed by atoms with van der Waals surface area (Å²) in [5.74, 6) is 0.797. The molecule has 3 unspecified atom stereocenters. The Morgan fingerprint density at radius 2 is 2.13 bits per heavy atom. The molecule has 0 aromatic heterocycles. The molecule has 0 aliphatic carbocycles. The third kappa shape index (κ3) is 3.52. The van der Waals surface area contributed by atoms with Crippen molar-refractivity contribution in [3.05, 3.63) is 22.2 Å². The van der Waals surface area contributed by atoms with Crippen LogP contribution in [0, 0.1) is 0 Å². The molecule has 2 heterocycles. The second-order valence-corrected chi connectivity index (χ2v) is 6.75. The molecule has 1 aromatic rings. The Balaban J connectivity index is 1.84. The lowest BCUT2D eigenvalue weighted by atomic mass is 10.0. The minimum Gasteiger partial charge on any atom is -0.488 e. The maximum atomic E-state index is 11.6. The normalized spacial score (nSPS) is 25.4. The minimum atomic E-state index is -0.625. The Bertz CT molecular complexity index is 596. The molecule has 0 saturated carbocycles. The summed E-state index contributed by atoms with van der Waals surface area (Å²) < 4.78 is 7.09. The van der Waals surface area contributed by atoms with Gasteiger partial charge in [0.05, 0.1) is 11.7 Å². The molecule has 2 aliphatic heterocycles. The van der Waals surface area contributed by atoms with Gasteiger partial charge >= 0.3 is 0 Å². The van der Waals surface area contributed by atoms with Crippen molar-refractivity contribution in [2.75, 3.05) is 18.4 Å². The first kappa shape index (κ1) is 16.7. The summed E-state index contributed by atoms with van der Waals surface area (Å²) in [6.07, 6.45) is 1.11. The lowest BCUT2D eigenvalue weighted by Crippen LogP contribution is -2.61. The predicted octanol–water partition coefficient (Wildman–Crippen LogP) is 1.37. The van der Waals surface area contributed by atoms with Gasteiger partial charge in [-0.15, -0.1) is 0 Å². The lowest BCUT2D eigenvalue weighted by Gasteiger charge is -2.36. The number of halogens is 1. The molecule has 23 heavy (non-hydrogen) atoms. The largest absolute Gasteiger partial charge is 0.488 e.